The summed E-state index contributed by atoms with van der Waals surface area (Å²) in [6.45, 7) is 20.4. The highest BCUT2D eigenvalue weighted by atomic mass is 16.5. The standard InChI is InChI=1S/C28H52N8O6.C19H35NO5.C12H12O3/c1-29-15-7-4-10-20-23(37)13-14-24(38)35-21(11-5-8-16-30-2)27(41)33-19-26(40)36-22(12-6-9-17-31-3)28(42)32-18-25(39)34-20;1-17(2)5-11-23-14-8-20(9-15-24-12-6-18(3)21)10-16-25-13-7-19(4)22;1-7(13)10-4-11(8(2)14)6-12(5-10)9(3)15/h20-22,29-31H,4-19H2,1-3H3,(H,32,42)(H,33,41)(H,34,39)(H,35,38)(H,36,40);1,5-16H2,2-4H3;4-6H,1-3H3/t20-,21-,22-;;/m0../s1. The minimum atomic E-state index is -0.908. The number of unbranched alkanes of at least 4 members (excludes halogenated alkanes) is 3. The highest BCUT2D eigenvalue weighted by molar-refractivity contribution is 6.04. The molecule has 0 spiro atoms. The minimum Gasteiger partial charge on any atom is -0.380 e. The zero-order valence-electron chi connectivity index (χ0n) is 50.6. The van der Waals surface area contributed by atoms with Gasteiger partial charge >= 0.3 is 0 Å². The number of carbonyl (C=O) groups is 11. The Hall–Kier alpha value is -5.95. The van der Waals surface area contributed by atoms with Gasteiger partial charge in [0.2, 0.25) is 29.5 Å². The van der Waals surface area contributed by atoms with E-state index in [1.807, 2.05) is 28.1 Å². The van der Waals surface area contributed by atoms with Crippen molar-refractivity contribution in [2.75, 3.05) is 113 Å². The average Bonchev–Trinajstić information content (AvgIpc) is 3.42. The van der Waals surface area contributed by atoms with Crippen LogP contribution >= 0.6 is 0 Å². The average molecular weight is 1160 g/mol. The molecule has 0 radical (unpaired) electrons. The van der Waals surface area contributed by atoms with Crippen molar-refractivity contribution in [1.29, 1.82) is 0 Å². The van der Waals surface area contributed by atoms with Gasteiger partial charge < -0.3 is 56.7 Å². The van der Waals surface area contributed by atoms with Gasteiger partial charge in [-0.3, -0.25) is 57.6 Å². The highest BCUT2D eigenvalue weighted by Crippen LogP contribution is 2.13. The number of nitrogens with zero attached hydrogens (tertiary/aromatic N) is 1. The molecule has 1 saturated heterocycles. The predicted molar refractivity (Wildman–Crippen MR) is 315 cm³/mol. The molecule has 0 bridgehead atoms. The number of nitrogens with one attached hydrogen (secondary N) is 8. The summed E-state index contributed by atoms with van der Waals surface area (Å²) in [5.74, 6) is -3.06. The number of ether oxygens (including phenoxy) is 3. The molecule has 464 valence electrons. The second-order valence-corrected chi connectivity index (χ2v) is 20.3. The summed E-state index contributed by atoms with van der Waals surface area (Å²) < 4.78 is 16.6. The molecule has 1 aliphatic rings. The maximum Gasteiger partial charge on any atom is 0.243 e. The van der Waals surface area contributed by atoms with Gasteiger partial charge in [-0.2, -0.15) is 0 Å². The Morgan fingerprint density at radius 3 is 1.17 bits per heavy atom. The first-order valence-electron chi connectivity index (χ1n) is 28.7. The molecule has 82 heavy (non-hydrogen) atoms. The number of hydrogen-bond acceptors (Lipinski definition) is 18. The molecule has 0 aromatic heterocycles. The smallest absolute Gasteiger partial charge is 0.243 e. The zero-order valence-corrected chi connectivity index (χ0v) is 50.6. The van der Waals surface area contributed by atoms with Crippen molar-refractivity contribution in [3.8, 4) is 0 Å². The van der Waals surface area contributed by atoms with E-state index in [2.05, 4.69) is 54.0 Å². The van der Waals surface area contributed by atoms with Crippen molar-refractivity contribution < 1.29 is 67.0 Å². The Bertz CT molecular complexity index is 1910. The van der Waals surface area contributed by atoms with Crippen LogP contribution in [0.2, 0.25) is 0 Å². The summed E-state index contributed by atoms with van der Waals surface area (Å²) in [7, 11) is 5.47. The molecule has 2 rings (SSSR count). The van der Waals surface area contributed by atoms with Crippen molar-refractivity contribution >= 4 is 64.2 Å². The Kier molecular flexibility index (Phi) is 44.1. The van der Waals surface area contributed by atoms with Crippen molar-refractivity contribution in [3.05, 3.63) is 47.0 Å². The quantitative estimate of drug-likeness (QED) is 0.0272. The van der Waals surface area contributed by atoms with Crippen LogP contribution in [0.4, 0.5) is 0 Å². The molecular formula is C59H99N9O14. The zero-order chi connectivity index (χ0) is 61.7. The Labute approximate surface area is 486 Å². The van der Waals surface area contributed by atoms with Crippen LogP contribution < -0.4 is 42.5 Å². The van der Waals surface area contributed by atoms with E-state index in [0.29, 0.717) is 108 Å². The molecule has 5 amide bonds. The number of benzene rings is 1. The molecule has 0 unspecified atom stereocenters. The van der Waals surface area contributed by atoms with Crippen molar-refractivity contribution in [2.45, 2.75) is 150 Å². The van der Waals surface area contributed by atoms with E-state index in [1.165, 1.54) is 39.0 Å². The largest absolute Gasteiger partial charge is 0.380 e. The number of rotatable bonds is 36. The molecule has 1 fully saturated rings. The number of hydrogen-bond donors (Lipinski definition) is 8. The fourth-order valence-corrected chi connectivity index (χ4v) is 7.69. The van der Waals surface area contributed by atoms with Crippen LogP contribution in [-0.2, 0) is 52.6 Å². The summed E-state index contributed by atoms with van der Waals surface area (Å²) in [6.07, 6.45) is 6.95. The second-order valence-electron chi connectivity index (χ2n) is 20.3. The Morgan fingerprint density at radius 1 is 0.488 bits per heavy atom. The second kappa shape index (κ2) is 47.5. The monoisotopic (exact) mass is 1160 g/mol. The van der Waals surface area contributed by atoms with Crippen molar-refractivity contribution in [2.24, 2.45) is 0 Å². The SMILES string of the molecule is C=C(C)CCOCCN(CCOCCC(C)=O)CCOCCC(C)=O.CC(=O)c1cc(C(C)=O)cc(C(C)=O)c1.CNCCCC[C@@H]1NC(=O)CNC(=O)[C@H](CCCCNC)NC(=O)CNC(=O)[C@H](CCCCNC)NC(=O)CCC1=O. The molecule has 0 saturated carbocycles. The third-order valence-corrected chi connectivity index (χ3v) is 12.7. The highest BCUT2D eigenvalue weighted by Gasteiger charge is 2.27. The Morgan fingerprint density at radius 2 is 0.829 bits per heavy atom. The van der Waals surface area contributed by atoms with Gasteiger partial charge in [0.15, 0.2) is 23.1 Å². The van der Waals surface area contributed by atoms with E-state index < -0.39 is 47.7 Å². The first kappa shape index (κ1) is 76.0. The van der Waals surface area contributed by atoms with Crippen LogP contribution in [0.1, 0.15) is 163 Å². The summed E-state index contributed by atoms with van der Waals surface area (Å²) in [6, 6.07) is 1.93. The maximum atomic E-state index is 13.0. The van der Waals surface area contributed by atoms with Gasteiger partial charge in [-0.25, -0.2) is 0 Å². The van der Waals surface area contributed by atoms with Crippen molar-refractivity contribution in [3.63, 3.8) is 0 Å². The van der Waals surface area contributed by atoms with Crippen LogP contribution in [0.15, 0.2) is 30.4 Å². The van der Waals surface area contributed by atoms with Crippen LogP contribution in [0, 0.1) is 0 Å². The van der Waals surface area contributed by atoms with E-state index in [9.17, 15) is 52.7 Å². The molecule has 1 heterocycles. The summed E-state index contributed by atoms with van der Waals surface area (Å²) >= 11 is 0. The van der Waals surface area contributed by atoms with E-state index >= 15 is 0 Å². The number of Topliss-reactive ketones (excluding diaryl/α,β-unsaturated/α-hetero) is 6. The molecule has 23 heteroatoms. The fourth-order valence-electron chi connectivity index (χ4n) is 7.69. The minimum absolute atomic E-state index is 0.111. The first-order valence-corrected chi connectivity index (χ1v) is 28.7. The lowest BCUT2D eigenvalue weighted by atomic mass is 10.00. The van der Waals surface area contributed by atoms with Crippen LogP contribution in [0.5, 0.6) is 0 Å². The van der Waals surface area contributed by atoms with E-state index in [1.54, 1.807) is 13.8 Å². The third kappa shape index (κ3) is 40.3. The molecule has 3 atom stereocenters. The molecule has 1 aliphatic heterocycles. The van der Waals surface area contributed by atoms with Crippen LogP contribution in [0.25, 0.3) is 0 Å². The van der Waals surface area contributed by atoms with E-state index in [4.69, 9.17) is 14.2 Å². The number of ketones is 6. The number of carbonyl (C=O) groups excluding carboxylic acids is 11. The summed E-state index contributed by atoms with van der Waals surface area (Å²) in [5.41, 5.74) is 2.31. The Balaban J connectivity index is 0.00000137. The third-order valence-electron chi connectivity index (χ3n) is 12.7. The van der Waals surface area contributed by atoms with Gasteiger partial charge in [0, 0.05) is 62.0 Å². The maximum absolute atomic E-state index is 13.0. The summed E-state index contributed by atoms with van der Waals surface area (Å²) in [4.78, 5) is 135. The summed E-state index contributed by atoms with van der Waals surface area (Å²) in [5, 5.41) is 22.3. The molecule has 23 nitrogen and oxygen atoms in total. The molecule has 0 aliphatic carbocycles. The van der Waals surface area contributed by atoms with Gasteiger partial charge in [-0.15, -0.1) is 6.58 Å². The lowest BCUT2D eigenvalue weighted by Crippen LogP contribution is -2.53. The number of amides is 5. The lowest BCUT2D eigenvalue weighted by molar-refractivity contribution is -0.133. The first-order chi connectivity index (χ1) is 39.0. The predicted octanol–water partition coefficient (Wildman–Crippen LogP) is 2.76. The normalized spacial score (nSPS) is 16.3. The fraction of sp³-hybridized carbons (Fsp3) is 0.678. The molecule has 1 aromatic rings. The van der Waals surface area contributed by atoms with Gasteiger partial charge in [0.1, 0.15) is 23.7 Å². The molecule has 8 N–H and O–H groups in total. The van der Waals surface area contributed by atoms with Gasteiger partial charge in [-0.1, -0.05) is 5.57 Å². The lowest BCUT2D eigenvalue weighted by Gasteiger charge is -2.22. The van der Waals surface area contributed by atoms with E-state index in [-0.39, 0.29) is 60.6 Å². The van der Waals surface area contributed by atoms with Gasteiger partial charge in [0.05, 0.1) is 58.8 Å². The van der Waals surface area contributed by atoms with E-state index in [0.717, 1.165) is 70.5 Å². The van der Waals surface area contributed by atoms with Gasteiger partial charge in [0.25, 0.3) is 0 Å². The molecular weight excluding hydrogens is 1060 g/mol. The van der Waals surface area contributed by atoms with Crippen molar-refractivity contribution in [1.82, 2.24) is 47.4 Å². The molecule has 1 aromatic carbocycles. The van der Waals surface area contributed by atoms with Gasteiger partial charge in [-0.05, 0) is 165 Å². The van der Waals surface area contributed by atoms with Crippen LogP contribution in [-0.4, -0.2) is 200 Å². The van der Waals surface area contributed by atoms with Crippen LogP contribution in [0.3, 0.4) is 0 Å². The topological polar surface area (TPSA) is 315 Å².